The molecule has 3 rings (SSSR count). The predicted octanol–water partition coefficient (Wildman–Crippen LogP) is 0.335. The van der Waals surface area contributed by atoms with Crippen LogP contribution in [0.4, 0.5) is 0 Å². The van der Waals surface area contributed by atoms with E-state index in [0.29, 0.717) is 31.2 Å². The molecular weight excluding hydrogens is 268 g/mol. The molecule has 1 aromatic rings. The van der Waals surface area contributed by atoms with Crippen molar-refractivity contribution in [2.45, 2.75) is 48.9 Å². The SMILES string of the molecule is O=S(=O)(NC1(CO)CC1)c1ccc(CNC2CC2)o1. The number of aliphatic hydroxyl groups is 1. The van der Waals surface area contributed by atoms with Crippen LogP contribution in [0.5, 0.6) is 0 Å². The minimum absolute atomic E-state index is 0.0835. The number of furan rings is 1. The number of sulfonamides is 1. The zero-order chi connectivity index (χ0) is 13.5. The van der Waals surface area contributed by atoms with Gasteiger partial charge in [-0.05, 0) is 37.8 Å². The van der Waals surface area contributed by atoms with Crippen LogP contribution >= 0.6 is 0 Å². The van der Waals surface area contributed by atoms with Gasteiger partial charge in [-0.15, -0.1) is 0 Å². The van der Waals surface area contributed by atoms with Gasteiger partial charge in [0.15, 0.2) is 0 Å². The number of aliphatic hydroxyl groups excluding tert-OH is 1. The number of hydrogen-bond donors (Lipinski definition) is 3. The van der Waals surface area contributed by atoms with Crippen LogP contribution in [0, 0.1) is 0 Å². The van der Waals surface area contributed by atoms with Crippen LogP contribution in [0.2, 0.25) is 0 Å². The Morgan fingerprint density at radius 1 is 1.37 bits per heavy atom. The fraction of sp³-hybridized carbons (Fsp3) is 0.667. The Labute approximate surface area is 112 Å². The van der Waals surface area contributed by atoms with Crippen molar-refractivity contribution in [3.05, 3.63) is 17.9 Å². The fourth-order valence-corrected chi connectivity index (χ4v) is 3.31. The van der Waals surface area contributed by atoms with Crippen molar-refractivity contribution in [3.63, 3.8) is 0 Å². The Morgan fingerprint density at radius 3 is 2.68 bits per heavy atom. The van der Waals surface area contributed by atoms with Crippen molar-refractivity contribution < 1.29 is 17.9 Å². The maximum Gasteiger partial charge on any atom is 0.274 e. The van der Waals surface area contributed by atoms with Crippen LogP contribution in [-0.2, 0) is 16.6 Å². The molecule has 0 spiro atoms. The van der Waals surface area contributed by atoms with Gasteiger partial charge in [-0.2, -0.15) is 0 Å². The van der Waals surface area contributed by atoms with Crippen molar-refractivity contribution in [1.82, 2.24) is 10.0 Å². The van der Waals surface area contributed by atoms with Crippen LogP contribution in [0.15, 0.2) is 21.6 Å². The molecule has 0 aromatic carbocycles. The third-order valence-corrected chi connectivity index (χ3v) is 5.00. The van der Waals surface area contributed by atoms with E-state index >= 15 is 0 Å². The number of rotatable bonds is 7. The molecule has 2 aliphatic carbocycles. The van der Waals surface area contributed by atoms with Crippen molar-refractivity contribution >= 4 is 10.0 Å². The Morgan fingerprint density at radius 2 is 2.11 bits per heavy atom. The van der Waals surface area contributed by atoms with E-state index in [0.717, 1.165) is 0 Å². The summed E-state index contributed by atoms with van der Waals surface area (Å²) in [6.45, 7) is 0.369. The maximum absolute atomic E-state index is 12.1. The molecule has 106 valence electrons. The molecule has 0 amide bonds. The second-order valence-electron chi connectivity index (χ2n) is 5.42. The predicted molar refractivity (Wildman–Crippen MR) is 67.9 cm³/mol. The summed E-state index contributed by atoms with van der Waals surface area (Å²) in [4.78, 5) is 0. The summed E-state index contributed by atoms with van der Waals surface area (Å²) in [6.07, 6.45) is 3.68. The summed E-state index contributed by atoms with van der Waals surface area (Å²) < 4.78 is 32.0. The van der Waals surface area contributed by atoms with Crippen molar-refractivity contribution in [2.24, 2.45) is 0 Å². The van der Waals surface area contributed by atoms with Crippen LogP contribution in [-0.4, -0.2) is 31.7 Å². The molecule has 2 fully saturated rings. The quantitative estimate of drug-likeness (QED) is 0.672. The standard InChI is InChI=1S/C12H18N2O4S/c15-8-12(5-6-12)14-19(16,17)11-4-3-10(18-11)7-13-9-1-2-9/h3-4,9,13-15H,1-2,5-8H2. The van der Waals surface area contributed by atoms with E-state index in [1.165, 1.54) is 18.9 Å². The number of nitrogens with one attached hydrogen (secondary N) is 2. The average molecular weight is 286 g/mol. The van der Waals surface area contributed by atoms with E-state index in [2.05, 4.69) is 10.0 Å². The zero-order valence-electron chi connectivity index (χ0n) is 10.6. The Balaban J connectivity index is 1.66. The first kappa shape index (κ1) is 13.1. The van der Waals surface area contributed by atoms with Gasteiger partial charge in [-0.25, -0.2) is 13.1 Å². The van der Waals surface area contributed by atoms with Crippen molar-refractivity contribution in [2.75, 3.05) is 6.61 Å². The lowest BCUT2D eigenvalue weighted by atomic mass is 10.3. The van der Waals surface area contributed by atoms with Crippen molar-refractivity contribution in [1.29, 1.82) is 0 Å². The Kier molecular flexibility index (Phi) is 3.17. The lowest BCUT2D eigenvalue weighted by Crippen LogP contribution is -2.39. The van der Waals surface area contributed by atoms with E-state index < -0.39 is 15.6 Å². The van der Waals surface area contributed by atoms with Gasteiger partial charge in [-0.3, -0.25) is 0 Å². The molecule has 0 bridgehead atoms. The lowest BCUT2D eigenvalue weighted by molar-refractivity contribution is 0.245. The highest BCUT2D eigenvalue weighted by Crippen LogP contribution is 2.36. The van der Waals surface area contributed by atoms with E-state index in [1.54, 1.807) is 6.07 Å². The first-order valence-electron chi connectivity index (χ1n) is 6.50. The highest BCUT2D eigenvalue weighted by Gasteiger charge is 2.46. The van der Waals surface area contributed by atoms with Gasteiger partial charge >= 0.3 is 0 Å². The molecule has 1 aromatic heterocycles. The highest BCUT2D eigenvalue weighted by molar-refractivity contribution is 7.89. The Bertz CT molecular complexity index is 558. The van der Waals surface area contributed by atoms with Gasteiger partial charge in [0.05, 0.1) is 18.7 Å². The topological polar surface area (TPSA) is 91.6 Å². The maximum atomic E-state index is 12.1. The van der Waals surface area contributed by atoms with Gasteiger partial charge in [0.2, 0.25) is 5.09 Å². The summed E-state index contributed by atoms with van der Waals surface area (Å²) in [5, 5.41) is 12.3. The molecule has 7 heteroatoms. The van der Waals surface area contributed by atoms with Crippen LogP contribution < -0.4 is 10.0 Å². The molecule has 0 saturated heterocycles. The summed E-state index contributed by atoms with van der Waals surface area (Å²) in [5.74, 6) is 0.612. The van der Waals surface area contributed by atoms with Crippen LogP contribution in [0.25, 0.3) is 0 Å². The minimum atomic E-state index is -3.67. The minimum Gasteiger partial charge on any atom is -0.447 e. The molecule has 19 heavy (non-hydrogen) atoms. The van der Waals surface area contributed by atoms with E-state index in [9.17, 15) is 8.42 Å². The molecule has 0 atom stereocenters. The third-order valence-electron chi connectivity index (χ3n) is 3.55. The first-order valence-corrected chi connectivity index (χ1v) is 7.98. The molecule has 3 N–H and O–H groups in total. The van der Waals surface area contributed by atoms with Gasteiger partial charge in [0, 0.05) is 6.04 Å². The van der Waals surface area contributed by atoms with E-state index in [4.69, 9.17) is 9.52 Å². The van der Waals surface area contributed by atoms with Gasteiger partial charge in [0.1, 0.15) is 5.76 Å². The number of hydrogen-bond acceptors (Lipinski definition) is 5. The van der Waals surface area contributed by atoms with Crippen LogP contribution in [0.1, 0.15) is 31.4 Å². The van der Waals surface area contributed by atoms with Crippen molar-refractivity contribution in [3.8, 4) is 0 Å². The summed E-state index contributed by atoms with van der Waals surface area (Å²) in [6, 6.07) is 3.68. The largest absolute Gasteiger partial charge is 0.447 e. The molecule has 0 aliphatic heterocycles. The first-order chi connectivity index (χ1) is 9.03. The van der Waals surface area contributed by atoms with E-state index in [-0.39, 0.29) is 11.7 Å². The summed E-state index contributed by atoms with van der Waals surface area (Å²) in [7, 11) is -3.67. The summed E-state index contributed by atoms with van der Waals surface area (Å²) in [5.41, 5.74) is -0.669. The van der Waals surface area contributed by atoms with Gasteiger partial charge < -0.3 is 14.8 Å². The monoisotopic (exact) mass is 286 g/mol. The average Bonchev–Trinajstić information content (AvgIpc) is 3.28. The molecule has 2 saturated carbocycles. The molecule has 1 heterocycles. The smallest absolute Gasteiger partial charge is 0.274 e. The normalized spacial score (nSPS) is 21.5. The molecule has 6 nitrogen and oxygen atoms in total. The van der Waals surface area contributed by atoms with Gasteiger partial charge in [0.25, 0.3) is 10.0 Å². The second-order valence-corrected chi connectivity index (χ2v) is 7.03. The highest BCUT2D eigenvalue weighted by atomic mass is 32.2. The van der Waals surface area contributed by atoms with Crippen LogP contribution in [0.3, 0.4) is 0 Å². The summed E-state index contributed by atoms with van der Waals surface area (Å²) >= 11 is 0. The molecule has 0 radical (unpaired) electrons. The molecule has 2 aliphatic rings. The van der Waals surface area contributed by atoms with E-state index in [1.807, 2.05) is 0 Å². The third kappa shape index (κ3) is 3.00. The Hall–Kier alpha value is -0.890. The lowest BCUT2D eigenvalue weighted by Gasteiger charge is -2.12. The molecular formula is C12H18N2O4S. The molecule has 0 unspecified atom stereocenters. The fourth-order valence-electron chi connectivity index (χ4n) is 1.91. The zero-order valence-corrected chi connectivity index (χ0v) is 11.4. The van der Waals surface area contributed by atoms with Gasteiger partial charge in [-0.1, -0.05) is 0 Å². The second kappa shape index (κ2) is 4.59.